The number of nitrogens with one attached hydrogen (secondary N) is 1. The maximum Gasteiger partial charge on any atom is 0.234 e. The smallest absolute Gasteiger partial charge is 0.234 e. The molecule has 5 nitrogen and oxygen atoms in total. The highest BCUT2D eigenvalue weighted by atomic mass is 35.5. The molecular formula is C22H25ClF2N2O3. The van der Waals surface area contributed by atoms with E-state index in [2.05, 4.69) is 5.32 Å². The number of aliphatic hydroxyl groups is 1. The van der Waals surface area contributed by atoms with Crippen LogP contribution in [-0.4, -0.2) is 47.3 Å². The van der Waals surface area contributed by atoms with Crippen molar-refractivity contribution >= 4 is 17.7 Å². The second kappa shape index (κ2) is 9.73. The second-order valence-electron chi connectivity index (χ2n) is 7.56. The quantitative estimate of drug-likeness (QED) is 0.650. The molecular weight excluding hydrogens is 414 g/mol. The lowest BCUT2D eigenvalue weighted by Crippen LogP contribution is -2.50. The summed E-state index contributed by atoms with van der Waals surface area (Å²) in [7, 11) is 1.61. The third-order valence-electron chi connectivity index (χ3n) is 5.51. The maximum absolute atomic E-state index is 13.6. The minimum Gasteiger partial charge on any atom is -0.496 e. The van der Waals surface area contributed by atoms with Gasteiger partial charge in [-0.1, -0.05) is 18.2 Å². The molecule has 30 heavy (non-hydrogen) atoms. The summed E-state index contributed by atoms with van der Waals surface area (Å²) in [6.07, 6.45) is -0.438. The summed E-state index contributed by atoms with van der Waals surface area (Å²) >= 11 is 6.17. The number of methoxy groups -OCH3 is 1. The molecule has 0 aromatic heterocycles. The van der Waals surface area contributed by atoms with Crippen molar-refractivity contribution in [2.45, 2.75) is 43.9 Å². The van der Waals surface area contributed by atoms with Gasteiger partial charge in [-0.05, 0) is 42.2 Å². The number of rotatable bonds is 7. The average Bonchev–Trinajstić information content (AvgIpc) is 3.20. The highest BCUT2D eigenvalue weighted by Crippen LogP contribution is 2.34. The predicted molar refractivity (Wildman–Crippen MR) is 110 cm³/mol. The number of ether oxygens (including phenoxy) is 1. The van der Waals surface area contributed by atoms with E-state index in [0.717, 1.165) is 21.8 Å². The molecule has 0 bridgehead atoms. The minimum absolute atomic E-state index is 0.0103. The van der Waals surface area contributed by atoms with E-state index in [0.29, 0.717) is 18.5 Å². The highest BCUT2D eigenvalue weighted by Gasteiger charge is 2.38. The van der Waals surface area contributed by atoms with Gasteiger partial charge in [-0.25, -0.2) is 13.2 Å². The summed E-state index contributed by atoms with van der Waals surface area (Å²) in [6, 6.07) is 9.59. The van der Waals surface area contributed by atoms with Gasteiger partial charge in [-0.2, -0.15) is 0 Å². The Balaban J connectivity index is 1.79. The summed E-state index contributed by atoms with van der Waals surface area (Å²) in [5.74, 6) is -1.03. The van der Waals surface area contributed by atoms with Crippen LogP contribution in [0.1, 0.15) is 30.4 Å². The van der Waals surface area contributed by atoms with Gasteiger partial charge in [-0.3, -0.25) is 4.79 Å². The third-order valence-corrected chi connectivity index (χ3v) is 6.00. The lowest BCUT2D eigenvalue weighted by atomic mass is 9.90. The topological polar surface area (TPSA) is 61.8 Å². The Kier molecular flexibility index (Phi) is 7.28. The van der Waals surface area contributed by atoms with Crippen molar-refractivity contribution in [2.24, 2.45) is 0 Å². The van der Waals surface area contributed by atoms with Crippen molar-refractivity contribution in [2.75, 3.05) is 13.7 Å². The van der Waals surface area contributed by atoms with Crippen LogP contribution >= 0.6 is 11.8 Å². The van der Waals surface area contributed by atoms with Crippen LogP contribution in [0.15, 0.2) is 42.5 Å². The number of carbonyl (C=O) groups is 1. The summed E-state index contributed by atoms with van der Waals surface area (Å²) in [5.41, 5.74) is 1.34. The number of halogens is 3. The molecule has 1 aliphatic rings. The van der Waals surface area contributed by atoms with Gasteiger partial charge in [0.1, 0.15) is 17.4 Å². The first-order valence-corrected chi connectivity index (χ1v) is 10.1. The monoisotopic (exact) mass is 438 g/mol. The number of aliphatic hydroxyl groups excluding tert-OH is 1. The molecule has 0 aliphatic carbocycles. The largest absolute Gasteiger partial charge is 0.496 e. The molecule has 0 spiro atoms. The second-order valence-corrected chi connectivity index (χ2v) is 7.92. The van der Waals surface area contributed by atoms with Gasteiger partial charge in [0.2, 0.25) is 5.91 Å². The number of carbonyl (C=O) groups excluding carboxylic acids is 1. The Bertz CT molecular complexity index is 878. The zero-order valence-corrected chi connectivity index (χ0v) is 17.6. The molecule has 1 aliphatic heterocycles. The minimum atomic E-state index is -1.04. The molecule has 4 atom stereocenters. The summed E-state index contributed by atoms with van der Waals surface area (Å²) < 4.78 is 33.6. The zero-order valence-electron chi connectivity index (χ0n) is 16.8. The maximum atomic E-state index is 13.6. The molecule has 2 aromatic carbocycles. The van der Waals surface area contributed by atoms with Crippen molar-refractivity contribution in [1.29, 1.82) is 0 Å². The Morgan fingerprint density at radius 3 is 2.60 bits per heavy atom. The number of nitrogens with zero attached hydrogens (tertiary/aromatic N) is 1. The highest BCUT2D eigenvalue weighted by molar-refractivity contribution is 6.21. The lowest BCUT2D eigenvalue weighted by molar-refractivity contribution is -0.127. The van der Waals surface area contributed by atoms with Crippen LogP contribution in [0.4, 0.5) is 8.78 Å². The van der Waals surface area contributed by atoms with Crippen LogP contribution in [0.25, 0.3) is 0 Å². The van der Waals surface area contributed by atoms with E-state index in [1.54, 1.807) is 7.11 Å². The van der Waals surface area contributed by atoms with E-state index in [1.807, 2.05) is 24.3 Å². The SMILES string of the molecule is COc1ccccc1[C@@H]1CN[C@@H]([C@@H](O)[C@H](Cc2cc(F)cc(F)c2)N(Cl)C(C)=O)C1. The van der Waals surface area contributed by atoms with Crippen LogP contribution in [0.5, 0.6) is 5.75 Å². The van der Waals surface area contributed by atoms with E-state index < -0.39 is 29.7 Å². The van der Waals surface area contributed by atoms with E-state index >= 15 is 0 Å². The normalized spacial score (nSPS) is 20.6. The summed E-state index contributed by atoms with van der Waals surface area (Å²) in [4.78, 5) is 11.9. The first-order chi connectivity index (χ1) is 14.3. The fourth-order valence-corrected chi connectivity index (χ4v) is 4.26. The van der Waals surface area contributed by atoms with E-state index in [-0.39, 0.29) is 18.4 Å². The molecule has 2 aromatic rings. The molecule has 0 radical (unpaired) electrons. The Morgan fingerprint density at radius 1 is 1.30 bits per heavy atom. The van der Waals surface area contributed by atoms with Gasteiger partial charge >= 0.3 is 0 Å². The third kappa shape index (κ3) is 5.09. The molecule has 1 fully saturated rings. The van der Waals surface area contributed by atoms with Gasteiger partial charge in [0.25, 0.3) is 0 Å². The number of hydrogen-bond donors (Lipinski definition) is 2. The van der Waals surface area contributed by atoms with Crippen molar-refractivity contribution in [3.05, 3.63) is 65.2 Å². The molecule has 2 N–H and O–H groups in total. The standard InChI is InChI=1S/C22H25ClF2N2O3/c1-13(28)27(23)20(9-14-7-16(24)11-17(25)8-14)22(29)19-10-15(12-26-19)18-5-3-4-6-21(18)30-2/h3-8,11,15,19-20,22,26,29H,9-10,12H2,1-2H3/t15-,19+,20-,22+/m0/s1. The number of hydrogen-bond acceptors (Lipinski definition) is 4. The number of para-hydroxylation sites is 1. The Labute approximate surface area is 179 Å². The van der Waals surface area contributed by atoms with E-state index in [1.165, 1.54) is 19.1 Å². The van der Waals surface area contributed by atoms with Gasteiger partial charge in [0.05, 0.1) is 19.3 Å². The first kappa shape index (κ1) is 22.5. The van der Waals surface area contributed by atoms with E-state index in [9.17, 15) is 18.7 Å². The molecule has 1 saturated heterocycles. The number of benzene rings is 2. The van der Waals surface area contributed by atoms with Crippen molar-refractivity contribution in [3.8, 4) is 5.75 Å². The molecule has 0 unspecified atom stereocenters. The van der Waals surface area contributed by atoms with Gasteiger partial charge < -0.3 is 15.2 Å². The van der Waals surface area contributed by atoms with Gasteiger partial charge in [0.15, 0.2) is 0 Å². The molecule has 1 heterocycles. The Hall–Kier alpha value is -2.22. The fourth-order valence-electron chi connectivity index (χ4n) is 4.07. The molecule has 8 heteroatoms. The molecule has 0 saturated carbocycles. The lowest BCUT2D eigenvalue weighted by Gasteiger charge is -2.32. The Morgan fingerprint density at radius 2 is 1.97 bits per heavy atom. The average molecular weight is 439 g/mol. The van der Waals surface area contributed by atoms with Gasteiger partial charge in [0, 0.05) is 43.3 Å². The first-order valence-electron chi connectivity index (χ1n) is 9.75. The van der Waals surface area contributed by atoms with Crippen molar-refractivity contribution in [3.63, 3.8) is 0 Å². The number of amides is 1. The zero-order chi connectivity index (χ0) is 21.8. The van der Waals surface area contributed by atoms with Crippen LogP contribution in [0.2, 0.25) is 0 Å². The predicted octanol–water partition coefficient (Wildman–Crippen LogP) is 3.39. The van der Waals surface area contributed by atoms with Crippen molar-refractivity contribution < 1.29 is 23.4 Å². The van der Waals surface area contributed by atoms with Crippen LogP contribution in [0, 0.1) is 11.6 Å². The summed E-state index contributed by atoms with van der Waals surface area (Å²) in [6.45, 7) is 1.89. The fraction of sp³-hybridized carbons (Fsp3) is 0.409. The van der Waals surface area contributed by atoms with Crippen LogP contribution in [-0.2, 0) is 11.2 Å². The van der Waals surface area contributed by atoms with Crippen molar-refractivity contribution in [1.82, 2.24) is 9.74 Å². The van der Waals surface area contributed by atoms with E-state index in [4.69, 9.17) is 16.5 Å². The van der Waals surface area contributed by atoms with Crippen LogP contribution in [0.3, 0.4) is 0 Å². The molecule has 1 amide bonds. The summed E-state index contributed by atoms with van der Waals surface area (Å²) in [5, 5.41) is 14.3. The molecule has 3 rings (SSSR count). The van der Waals surface area contributed by atoms with Gasteiger partial charge in [-0.15, -0.1) is 0 Å². The van der Waals surface area contributed by atoms with Crippen LogP contribution < -0.4 is 10.1 Å². The molecule has 162 valence electrons.